The van der Waals surface area contributed by atoms with Gasteiger partial charge in [-0.05, 0) is 19.9 Å². The van der Waals surface area contributed by atoms with Gasteiger partial charge in [0.1, 0.15) is 5.54 Å². The van der Waals surface area contributed by atoms with E-state index in [0.717, 1.165) is 0 Å². The number of carbonyl (C=O) groups excluding carboxylic acids is 1. The molecule has 1 unspecified atom stereocenters. The number of rotatable bonds is 3. The smallest absolute Gasteiger partial charge is 0.326 e. The topological polar surface area (TPSA) is 38.3 Å². The standard InChI is InChI=1S/C8H17NO2/c1-6(2)8(3,9-4)7(10)11-5/h6,9H,1-5H3. The first-order chi connectivity index (χ1) is 4.99. The molecule has 3 nitrogen and oxygen atoms in total. The maximum absolute atomic E-state index is 11.2. The second kappa shape index (κ2) is 3.72. The van der Waals surface area contributed by atoms with Crippen LogP contribution < -0.4 is 5.32 Å². The molecule has 11 heavy (non-hydrogen) atoms. The van der Waals surface area contributed by atoms with Crippen LogP contribution in [0, 0.1) is 5.92 Å². The molecule has 0 spiro atoms. The maximum Gasteiger partial charge on any atom is 0.326 e. The van der Waals surface area contributed by atoms with Crippen LogP contribution in [-0.4, -0.2) is 25.7 Å². The fourth-order valence-corrected chi connectivity index (χ4v) is 0.838. The van der Waals surface area contributed by atoms with Crippen LogP contribution in [0.25, 0.3) is 0 Å². The van der Waals surface area contributed by atoms with E-state index in [1.54, 1.807) is 7.05 Å². The lowest BCUT2D eigenvalue weighted by atomic mass is 9.89. The Kier molecular flexibility index (Phi) is 3.52. The van der Waals surface area contributed by atoms with Crippen molar-refractivity contribution in [2.75, 3.05) is 14.2 Å². The van der Waals surface area contributed by atoms with Crippen LogP contribution in [0.4, 0.5) is 0 Å². The Bertz CT molecular complexity index is 145. The molecule has 1 atom stereocenters. The highest BCUT2D eigenvalue weighted by Gasteiger charge is 2.35. The molecule has 0 aromatic carbocycles. The number of nitrogens with one attached hydrogen (secondary N) is 1. The molecule has 0 saturated carbocycles. The first-order valence-electron chi connectivity index (χ1n) is 3.76. The van der Waals surface area contributed by atoms with Gasteiger partial charge in [0.05, 0.1) is 7.11 Å². The summed E-state index contributed by atoms with van der Waals surface area (Å²) >= 11 is 0. The molecule has 0 rings (SSSR count). The number of esters is 1. The molecule has 0 aromatic heterocycles. The zero-order valence-electron chi connectivity index (χ0n) is 7.89. The average molecular weight is 159 g/mol. The molecule has 0 aliphatic rings. The Balaban J connectivity index is 4.45. The van der Waals surface area contributed by atoms with Gasteiger partial charge in [0, 0.05) is 0 Å². The summed E-state index contributed by atoms with van der Waals surface area (Å²) in [5, 5.41) is 2.95. The Labute approximate surface area is 68.1 Å². The molecule has 0 radical (unpaired) electrons. The van der Waals surface area contributed by atoms with Gasteiger partial charge in [0.25, 0.3) is 0 Å². The van der Waals surface area contributed by atoms with Crippen LogP contribution in [0.2, 0.25) is 0 Å². The highest BCUT2D eigenvalue weighted by atomic mass is 16.5. The second-order valence-electron chi connectivity index (χ2n) is 3.10. The predicted molar refractivity (Wildman–Crippen MR) is 44.3 cm³/mol. The molecule has 0 aromatic rings. The minimum atomic E-state index is -0.561. The van der Waals surface area contributed by atoms with Gasteiger partial charge < -0.3 is 10.1 Å². The molecule has 66 valence electrons. The van der Waals surface area contributed by atoms with Crippen LogP contribution in [0.15, 0.2) is 0 Å². The van der Waals surface area contributed by atoms with E-state index in [1.807, 2.05) is 20.8 Å². The molecule has 0 amide bonds. The number of methoxy groups -OCH3 is 1. The zero-order chi connectivity index (χ0) is 9.07. The lowest BCUT2D eigenvalue weighted by Crippen LogP contribution is -2.52. The molecule has 0 bridgehead atoms. The number of ether oxygens (including phenoxy) is 1. The van der Waals surface area contributed by atoms with E-state index in [0.29, 0.717) is 0 Å². The minimum Gasteiger partial charge on any atom is -0.468 e. The maximum atomic E-state index is 11.2. The van der Waals surface area contributed by atoms with E-state index in [4.69, 9.17) is 0 Å². The third-order valence-corrected chi connectivity index (χ3v) is 2.28. The lowest BCUT2D eigenvalue weighted by Gasteiger charge is -2.29. The van der Waals surface area contributed by atoms with Crippen molar-refractivity contribution in [1.82, 2.24) is 5.32 Å². The van der Waals surface area contributed by atoms with Gasteiger partial charge in [-0.15, -0.1) is 0 Å². The second-order valence-corrected chi connectivity index (χ2v) is 3.10. The Morgan fingerprint density at radius 1 is 1.55 bits per heavy atom. The van der Waals surface area contributed by atoms with Crippen molar-refractivity contribution in [3.05, 3.63) is 0 Å². The summed E-state index contributed by atoms with van der Waals surface area (Å²) < 4.78 is 4.67. The van der Waals surface area contributed by atoms with Gasteiger partial charge in [-0.1, -0.05) is 13.8 Å². The van der Waals surface area contributed by atoms with Crippen LogP contribution in [0.1, 0.15) is 20.8 Å². The van der Waals surface area contributed by atoms with Crippen LogP contribution in [-0.2, 0) is 9.53 Å². The normalized spacial score (nSPS) is 16.2. The molecule has 0 heterocycles. The van der Waals surface area contributed by atoms with Gasteiger partial charge in [0.15, 0.2) is 0 Å². The summed E-state index contributed by atoms with van der Waals surface area (Å²) in [5.41, 5.74) is -0.561. The largest absolute Gasteiger partial charge is 0.468 e. The zero-order valence-corrected chi connectivity index (χ0v) is 7.89. The van der Waals surface area contributed by atoms with E-state index >= 15 is 0 Å². The Hall–Kier alpha value is -0.570. The van der Waals surface area contributed by atoms with Gasteiger partial charge >= 0.3 is 5.97 Å². The van der Waals surface area contributed by atoms with E-state index in [9.17, 15) is 4.79 Å². The van der Waals surface area contributed by atoms with Gasteiger partial charge in [0.2, 0.25) is 0 Å². The number of likely N-dealkylation sites (N-methyl/N-ethyl adjacent to an activating group) is 1. The number of hydrogen-bond acceptors (Lipinski definition) is 3. The summed E-state index contributed by atoms with van der Waals surface area (Å²) in [4.78, 5) is 11.2. The van der Waals surface area contributed by atoms with Crippen molar-refractivity contribution in [1.29, 1.82) is 0 Å². The third kappa shape index (κ3) is 1.93. The average Bonchev–Trinajstić information content (AvgIpc) is 2.01. The Morgan fingerprint density at radius 3 is 2.09 bits per heavy atom. The molecule has 0 aliphatic heterocycles. The van der Waals surface area contributed by atoms with Gasteiger partial charge in [-0.25, -0.2) is 0 Å². The fraction of sp³-hybridized carbons (Fsp3) is 0.875. The molecule has 3 heteroatoms. The molecule has 0 saturated heterocycles. The van der Waals surface area contributed by atoms with Crippen molar-refractivity contribution in [2.24, 2.45) is 5.92 Å². The summed E-state index contributed by atoms with van der Waals surface area (Å²) in [6.07, 6.45) is 0. The summed E-state index contributed by atoms with van der Waals surface area (Å²) in [5.74, 6) is 0.00921. The number of hydrogen-bond donors (Lipinski definition) is 1. The van der Waals surface area contributed by atoms with Gasteiger partial charge in [-0.2, -0.15) is 0 Å². The van der Waals surface area contributed by atoms with Crippen molar-refractivity contribution in [3.63, 3.8) is 0 Å². The summed E-state index contributed by atoms with van der Waals surface area (Å²) in [7, 11) is 3.16. The van der Waals surface area contributed by atoms with Crippen LogP contribution >= 0.6 is 0 Å². The minimum absolute atomic E-state index is 0.213. The van der Waals surface area contributed by atoms with E-state index < -0.39 is 5.54 Å². The van der Waals surface area contributed by atoms with Crippen LogP contribution in [0.3, 0.4) is 0 Å². The summed E-state index contributed by atoms with van der Waals surface area (Å²) in [6.45, 7) is 5.80. The van der Waals surface area contributed by atoms with Crippen molar-refractivity contribution in [2.45, 2.75) is 26.3 Å². The highest BCUT2D eigenvalue weighted by molar-refractivity contribution is 5.80. The monoisotopic (exact) mass is 159 g/mol. The molecule has 0 fully saturated rings. The molecular formula is C8H17NO2. The SMILES string of the molecule is CNC(C)(C(=O)OC)C(C)C. The number of carbonyl (C=O) groups is 1. The first kappa shape index (κ1) is 10.4. The quantitative estimate of drug-likeness (QED) is 0.619. The van der Waals surface area contributed by atoms with E-state index in [-0.39, 0.29) is 11.9 Å². The van der Waals surface area contributed by atoms with Crippen LogP contribution in [0.5, 0.6) is 0 Å². The third-order valence-electron chi connectivity index (χ3n) is 2.28. The van der Waals surface area contributed by atoms with Crippen molar-refractivity contribution < 1.29 is 9.53 Å². The lowest BCUT2D eigenvalue weighted by molar-refractivity contribution is -0.149. The molecule has 1 N–H and O–H groups in total. The predicted octanol–water partition coefficient (Wildman–Crippen LogP) is 0.793. The van der Waals surface area contributed by atoms with Crippen molar-refractivity contribution in [3.8, 4) is 0 Å². The Morgan fingerprint density at radius 2 is 2.00 bits per heavy atom. The highest BCUT2D eigenvalue weighted by Crippen LogP contribution is 2.16. The molecule has 0 aliphatic carbocycles. The van der Waals surface area contributed by atoms with Crippen molar-refractivity contribution >= 4 is 5.97 Å². The summed E-state index contributed by atoms with van der Waals surface area (Å²) in [6, 6.07) is 0. The van der Waals surface area contributed by atoms with E-state index in [1.165, 1.54) is 7.11 Å². The fourth-order valence-electron chi connectivity index (χ4n) is 0.838. The van der Waals surface area contributed by atoms with E-state index in [2.05, 4.69) is 10.1 Å². The first-order valence-corrected chi connectivity index (χ1v) is 3.76. The van der Waals surface area contributed by atoms with Gasteiger partial charge in [-0.3, -0.25) is 4.79 Å². The molecular weight excluding hydrogens is 142 g/mol.